The summed E-state index contributed by atoms with van der Waals surface area (Å²) in [5, 5.41) is 6.72. The molecule has 1 aromatic rings. The molecule has 6 heteroatoms. The third-order valence-electron chi connectivity index (χ3n) is 4.42. The fraction of sp³-hybridized carbons (Fsp3) is 0.643. The maximum Gasteiger partial charge on any atom is 0.224 e. The average molecular weight is 295 g/mol. The second-order valence-corrected chi connectivity index (χ2v) is 6.40. The van der Waals surface area contributed by atoms with E-state index in [2.05, 4.69) is 20.6 Å². The standard InChI is InChI=1S/C14H19ClN4O/c1-9-7-16-13(15)19-12(9)18-10-3-2-4-14(5-10)6-11(20)17-8-14/h7,10H,2-6,8H2,1H3,(H,17,20)(H,16,18,19). The third kappa shape index (κ3) is 2.73. The Hall–Kier alpha value is -1.36. The maximum atomic E-state index is 11.5. The van der Waals surface area contributed by atoms with Crippen LogP contribution in [0.15, 0.2) is 6.20 Å². The van der Waals surface area contributed by atoms with Crippen LogP contribution in [-0.2, 0) is 4.79 Å². The lowest BCUT2D eigenvalue weighted by Gasteiger charge is -2.37. The van der Waals surface area contributed by atoms with Crippen LogP contribution in [0.1, 0.15) is 37.7 Å². The maximum absolute atomic E-state index is 11.5. The predicted octanol–water partition coefficient (Wildman–Crippen LogP) is 2.30. The lowest BCUT2D eigenvalue weighted by Crippen LogP contribution is -2.37. The number of rotatable bonds is 2. The van der Waals surface area contributed by atoms with E-state index in [9.17, 15) is 4.79 Å². The molecule has 0 aromatic carbocycles. The number of carbonyl (C=O) groups excluding carboxylic acids is 1. The first-order valence-corrected chi connectivity index (χ1v) is 7.47. The summed E-state index contributed by atoms with van der Waals surface area (Å²) in [5.74, 6) is 0.997. The van der Waals surface area contributed by atoms with Gasteiger partial charge in [-0.2, -0.15) is 0 Å². The van der Waals surface area contributed by atoms with E-state index in [1.807, 2.05) is 6.92 Å². The van der Waals surface area contributed by atoms with Crippen LogP contribution in [0.25, 0.3) is 0 Å². The Kier molecular flexibility index (Phi) is 3.54. The van der Waals surface area contributed by atoms with Crippen LogP contribution in [0.4, 0.5) is 5.82 Å². The van der Waals surface area contributed by atoms with Crippen molar-refractivity contribution in [1.82, 2.24) is 15.3 Å². The number of anilines is 1. The Labute approximate surface area is 123 Å². The van der Waals surface area contributed by atoms with Crippen LogP contribution in [0.2, 0.25) is 5.28 Å². The van der Waals surface area contributed by atoms with Gasteiger partial charge in [0.25, 0.3) is 0 Å². The van der Waals surface area contributed by atoms with Crippen LogP contribution in [0, 0.1) is 12.3 Å². The molecule has 1 aliphatic carbocycles. The first kappa shape index (κ1) is 13.6. The van der Waals surface area contributed by atoms with Gasteiger partial charge in [-0.1, -0.05) is 6.42 Å². The van der Waals surface area contributed by atoms with Gasteiger partial charge in [-0.3, -0.25) is 4.79 Å². The smallest absolute Gasteiger partial charge is 0.224 e. The largest absolute Gasteiger partial charge is 0.367 e. The first-order chi connectivity index (χ1) is 9.56. The molecule has 1 saturated carbocycles. The van der Waals surface area contributed by atoms with Gasteiger partial charge in [0, 0.05) is 30.8 Å². The minimum absolute atomic E-state index is 0.137. The topological polar surface area (TPSA) is 66.9 Å². The molecule has 2 fully saturated rings. The van der Waals surface area contributed by atoms with Gasteiger partial charge in [0.05, 0.1) is 0 Å². The van der Waals surface area contributed by atoms with Crippen molar-refractivity contribution in [3.05, 3.63) is 17.0 Å². The van der Waals surface area contributed by atoms with Crippen molar-refractivity contribution in [2.75, 3.05) is 11.9 Å². The molecule has 1 aliphatic heterocycles. The Balaban J connectivity index is 1.71. The summed E-state index contributed by atoms with van der Waals surface area (Å²) in [4.78, 5) is 19.7. The van der Waals surface area contributed by atoms with Gasteiger partial charge in [0.1, 0.15) is 5.82 Å². The lowest BCUT2D eigenvalue weighted by molar-refractivity contribution is -0.119. The molecule has 20 heavy (non-hydrogen) atoms. The van der Waals surface area contributed by atoms with Crippen molar-refractivity contribution in [2.45, 2.75) is 45.1 Å². The normalized spacial score (nSPS) is 29.5. The van der Waals surface area contributed by atoms with Gasteiger partial charge in [-0.25, -0.2) is 9.97 Å². The number of aryl methyl sites for hydroxylation is 1. The molecule has 3 rings (SSSR count). The molecule has 108 valence electrons. The lowest BCUT2D eigenvalue weighted by atomic mass is 9.71. The van der Waals surface area contributed by atoms with Crippen molar-refractivity contribution in [3.63, 3.8) is 0 Å². The zero-order valence-corrected chi connectivity index (χ0v) is 12.3. The number of hydrogen-bond acceptors (Lipinski definition) is 4. The molecule has 0 radical (unpaired) electrons. The molecule has 2 N–H and O–H groups in total. The zero-order valence-electron chi connectivity index (χ0n) is 11.6. The average Bonchev–Trinajstić information content (AvgIpc) is 2.75. The Bertz CT molecular complexity index is 536. The van der Waals surface area contributed by atoms with Gasteiger partial charge in [-0.05, 0) is 43.2 Å². The zero-order chi connectivity index (χ0) is 14.2. The summed E-state index contributed by atoms with van der Waals surface area (Å²) < 4.78 is 0. The van der Waals surface area contributed by atoms with Crippen LogP contribution >= 0.6 is 11.6 Å². The van der Waals surface area contributed by atoms with Gasteiger partial charge in [0.2, 0.25) is 11.2 Å². The van der Waals surface area contributed by atoms with Crippen molar-refractivity contribution in [3.8, 4) is 0 Å². The summed E-state index contributed by atoms with van der Waals surface area (Å²) in [6.07, 6.45) is 6.79. The van der Waals surface area contributed by atoms with E-state index in [1.54, 1.807) is 6.20 Å². The molecule has 2 atom stereocenters. The van der Waals surface area contributed by atoms with Crippen molar-refractivity contribution >= 4 is 23.3 Å². The number of aromatic nitrogens is 2. The van der Waals surface area contributed by atoms with E-state index in [0.29, 0.717) is 12.5 Å². The van der Waals surface area contributed by atoms with E-state index in [4.69, 9.17) is 11.6 Å². The molecule has 1 saturated heterocycles. The Morgan fingerprint density at radius 1 is 1.55 bits per heavy atom. The van der Waals surface area contributed by atoms with Crippen LogP contribution < -0.4 is 10.6 Å². The highest BCUT2D eigenvalue weighted by Crippen LogP contribution is 2.42. The molecular weight excluding hydrogens is 276 g/mol. The van der Waals surface area contributed by atoms with Crippen molar-refractivity contribution in [1.29, 1.82) is 0 Å². The molecule has 2 heterocycles. The fourth-order valence-corrected chi connectivity index (χ4v) is 3.54. The number of nitrogens with one attached hydrogen (secondary N) is 2. The highest BCUT2D eigenvalue weighted by Gasteiger charge is 2.42. The number of amides is 1. The molecule has 0 bridgehead atoms. The van der Waals surface area contributed by atoms with Gasteiger partial charge >= 0.3 is 0 Å². The number of hydrogen-bond donors (Lipinski definition) is 2. The molecule has 1 amide bonds. The molecule has 1 aromatic heterocycles. The highest BCUT2D eigenvalue weighted by atomic mass is 35.5. The van der Waals surface area contributed by atoms with Crippen molar-refractivity contribution < 1.29 is 4.79 Å². The monoisotopic (exact) mass is 294 g/mol. The minimum atomic E-state index is 0.137. The van der Waals surface area contributed by atoms with Crippen LogP contribution in [-0.4, -0.2) is 28.5 Å². The predicted molar refractivity (Wildman–Crippen MR) is 77.7 cm³/mol. The number of nitrogens with zero attached hydrogens (tertiary/aromatic N) is 2. The summed E-state index contributed by atoms with van der Waals surface area (Å²) in [7, 11) is 0. The molecule has 5 nitrogen and oxygen atoms in total. The summed E-state index contributed by atoms with van der Waals surface area (Å²) in [6.45, 7) is 2.78. The summed E-state index contributed by atoms with van der Waals surface area (Å²) in [5.41, 5.74) is 1.13. The fourth-order valence-electron chi connectivity index (χ4n) is 3.41. The van der Waals surface area contributed by atoms with Gasteiger partial charge in [-0.15, -0.1) is 0 Å². The van der Waals surface area contributed by atoms with E-state index in [1.165, 1.54) is 0 Å². The Morgan fingerprint density at radius 3 is 3.15 bits per heavy atom. The van der Waals surface area contributed by atoms with E-state index in [-0.39, 0.29) is 16.6 Å². The SMILES string of the molecule is Cc1cnc(Cl)nc1NC1CCCC2(CNC(=O)C2)C1. The van der Waals surface area contributed by atoms with Gasteiger partial charge in [0.15, 0.2) is 0 Å². The number of carbonyl (C=O) groups is 1. The summed E-state index contributed by atoms with van der Waals surface area (Å²) >= 11 is 5.86. The molecular formula is C14H19ClN4O. The quantitative estimate of drug-likeness (QED) is 0.821. The minimum Gasteiger partial charge on any atom is -0.367 e. The summed E-state index contributed by atoms with van der Waals surface area (Å²) in [6, 6.07) is 0.348. The Morgan fingerprint density at radius 2 is 2.40 bits per heavy atom. The highest BCUT2D eigenvalue weighted by molar-refractivity contribution is 6.28. The van der Waals surface area contributed by atoms with E-state index in [0.717, 1.165) is 43.6 Å². The number of halogens is 1. The molecule has 1 spiro atoms. The van der Waals surface area contributed by atoms with Crippen LogP contribution in [0.3, 0.4) is 0 Å². The van der Waals surface area contributed by atoms with Gasteiger partial charge < -0.3 is 10.6 Å². The third-order valence-corrected chi connectivity index (χ3v) is 4.60. The van der Waals surface area contributed by atoms with Crippen molar-refractivity contribution in [2.24, 2.45) is 5.41 Å². The van der Waals surface area contributed by atoms with E-state index >= 15 is 0 Å². The molecule has 2 aliphatic rings. The van der Waals surface area contributed by atoms with Crippen LogP contribution in [0.5, 0.6) is 0 Å². The second-order valence-electron chi connectivity index (χ2n) is 6.06. The molecule has 2 unspecified atom stereocenters. The first-order valence-electron chi connectivity index (χ1n) is 7.09. The van der Waals surface area contributed by atoms with E-state index < -0.39 is 0 Å². The second kappa shape index (κ2) is 5.20.